The summed E-state index contributed by atoms with van der Waals surface area (Å²) in [6.07, 6.45) is 6.57. The van der Waals surface area contributed by atoms with Crippen molar-refractivity contribution in [1.82, 2.24) is 0 Å². The zero-order valence-electron chi connectivity index (χ0n) is 12.4. The Kier molecular flexibility index (Phi) is 6.12. The lowest BCUT2D eigenvalue weighted by Crippen LogP contribution is -2.37. The van der Waals surface area contributed by atoms with Crippen molar-refractivity contribution in [2.24, 2.45) is 11.7 Å². The molecule has 122 valence electrons. The second-order valence-corrected chi connectivity index (χ2v) is 5.74. The van der Waals surface area contributed by atoms with Crippen molar-refractivity contribution in [3.8, 4) is 5.75 Å². The number of carbonyl (C=O) groups excluding carboxylic acids is 1. The summed E-state index contributed by atoms with van der Waals surface area (Å²) in [5.74, 6) is 0.219. The van der Waals surface area contributed by atoms with Gasteiger partial charge in [0.15, 0.2) is 0 Å². The van der Waals surface area contributed by atoms with Crippen molar-refractivity contribution in [3.05, 3.63) is 24.3 Å². The number of alkyl halides is 2. The maximum Gasteiger partial charge on any atom is 0.387 e. The predicted octanol–water partition coefficient (Wildman–Crippen LogP) is 3.52. The zero-order valence-corrected chi connectivity index (χ0v) is 12.4. The lowest BCUT2D eigenvalue weighted by molar-refractivity contribution is -0.117. The van der Waals surface area contributed by atoms with Crippen LogP contribution in [0.2, 0.25) is 0 Å². The Morgan fingerprint density at radius 1 is 1.32 bits per heavy atom. The molecule has 2 rings (SSSR count). The summed E-state index contributed by atoms with van der Waals surface area (Å²) in [6, 6.07) is 5.34. The summed E-state index contributed by atoms with van der Waals surface area (Å²) in [5, 5.41) is 2.66. The fourth-order valence-corrected chi connectivity index (χ4v) is 2.87. The Morgan fingerprint density at radius 2 is 2.05 bits per heavy atom. The van der Waals surface area contributed by atoms with Gasteiger partial charge in [0.25, 0.3) is 0 Å². The molecule has 1 fully saturated rings. The summed E-state index contributed by atoms with van der Waals surface area (Å²) < 4.78 is 28.7. The van der Waals surface area contributed by atoms with Crippen LogP contribution in [0.4, 0.5) is 14.5 Å². The number of nitrogens with one attached hydrogen (secondary N) is 1. The number of nitrogens with two attached hydrogens (primary N) is 1. The third kappa shape index (κ3) is 5.26. The Morgan fingerprint density at radius 3 is 2.73 bits per heavy atom. The molecule has 0 heterocycles. The van der Waals surface area contributed by atoms with Gasteiger partial charge in [0.1, 0.15) is 5.75 Å². The van der Waals surface area contributed by atoms with Gasteiger partial charge in [-0.05, 0) is 24.5 Å². The number of halogens is 2. The molecule has 6 heteroatoms. The number of anilines is 1. The third-order valence-electron chi connectivity index (χ3n) is 3.98. The number of amides is 1. The summed E-state index contributed by atoms with van der Waals surface area (Å²) in [5.41, 5.74) is 6.36. The summed E-state index contributed by atoms with van der Waals surface area (Å²) in [6.45, 7) is -2.89. The Hall–Kier alpha value is -1.69. The van der Waals surface area contributed by atoms with Crippen molar-refractivity contribution >= 4 is 11.6 Å². The minimum absolute atomic E-state index is 0.00801. The van der Waals surface area contributed by atoms with Crippen LogP contribution in [0.25, 0.3) is 0 Å². The Balaban J connectivity index is 1.87. The molecule has 3 N–H and O–H groups in total. The fourth-order valence-electron chi connectivity index (χ4n) is 2.87. The average molecular weight is 312 g/mol. The molecule has 1 amide bonds. The number of rotatable bonds is 6. The average Bonchev–Trinajstić information content (AvgIpc) is 2.48. The van der Waals surface area contributed by atoms with Crippen molar-refractivity contribution in [1.29, 1.82) is 0 Å². The van der Waals surface area contributed by atoms with E-state index in [0.717, 1.165) is 12.8 Å². The molecule has 0 aromatic heterocycles. The molecule has 0 saturated heterocycles. The SMILES string of the molecule is NC(CC1CCCCC1)C(=O)Nc1cccc(OC(F)F)c1. The molecule has 0 bridgehead atoms. The number of ether oxygens (including phenoxy) is 1. The number of hydrogen-bond acceptors (Lipinski definition) is 3. The van der Waals surface area contributed by atoms with Gasteiger partial charge < -0.3 is 15.8 Å². The van der Waals surface area contributed by atoms with Gasteiger partial charge in [-0.2, -0.15) is 8.78 Å². The molecule has 1 aliphatic carbocycles. The van der Waals surface area contributed by atoms with Crippen molar-refractivity contribution in [3.63, 3.8) is 0 Å². The first-order valence-electron chi connectivity index (χ1n) is 7.66. The van der Waals surface area contributed by atoms with Gasteiger partial charge in [0, 0.05) is 11.8 Å². The van der Waals surface area contributed by atoms with Gasteiger partial charge in [-0.25, -0.2) is 0 Å². The quantitative estimate of drug-likeness (QED) is 0.844. The summed E-state index contributed by atoms with van der Waals surface area (Å²) >= 11 is 0. The van der Waals surface area contributed by atoms with Crippen LogP contribution in [-0.2, 0) is 4.79 Å². The number of hydrogen-bond donors (Lipinski definition) is 2. The van der Waals surface area contributed by atoms with Crippen LogP contribution in [0.1, 0.15) is 38.5 Å². The Bertz CT molecular complexity index is 491. The van der Waals surface area contributed by atoms with E-state index in [9.17, 15) is 13.6 Å². The predicted molar refractivity (Wildman–Crippen MR) is 80.9 cm³/mol. The van der Waals surface area contributed by atoms with Crippen molar-refractivity contribution < 1.29 is 18.3 Å². The lowest BCUT2D eigenvalue weighted by atomic mass is 9.85. The van der Waals surface area contributed by atoms with E-state index in [1.807, 2.05) is 0 Å². The maximum absolute atomic E-state index is 12.2. The first kappa shape index (κ1) is 16.7. The van der Waals surface area contributed by atoms with Crippen LogP contribution >= 0.6 is 0 Å². The standard InChI is InChI=1S/C16H22F2N2O2/c17-16(18)22-13-8-4-7-12(10-13)20-15(21)14(19)9-11-5-2-1-3-6-11/h4,7-8,10-11,14,16H,1-3,5-6,9,19H2,(H,20,21). The molecule has 0 spiro atoms. The highest BCUT2D eigenvalue weighted by Crippen LogP contribution is 2.27. The van der Waals surface area contributed by atoms with Gasteiger partial charge >= 0.3 is 6.61 Å². The molecule has 1 unspecified atom stereocenters. The van der Waals surface area contributed by atoms with E-state index in [-0.39, 0.29) is 11.7 Å². The second-order valence-electron chi connectivity index (χ2n) is 5.74. The number of carbonyl (C=O) groups is 1. The fraction of sp³-hybridized carbons (Fsp3) is 0.562. The molecule has 1 aromatic carbocycles. The van der Waals surface area contributed by atoms with Gasteiger partial charge in [0.05, 0.1) is 6.04 Å². The highest BCUT2D eigenvalue weighted by Gasteiger charge is 2.21. The molecule has 1 atom stereocenters. The Labute approximate surface area is 129 Å². The molecule has 1 aliphatic rings. The van der Waals surface area contributed by atoms with Crippen LogP contribution in [-0.4, -0.2) is 18.6 Å². The topological polar surface area (TPSA) is 64.4 Å². The lowest BCUT2D eigenvalue weighted by Gasteiger charge is -2.24. The highest BCUT2D eigenvalue weighted by molar-refractivity contribution is 5.94. The van der Waals surface area contributed by atoms with E-state index in [1.54, 1.807) is 12.1 Å². The van der Waals surface area contributed by atoms with Crippen LogP contribution in [0.5, 0.6) is 5.75 Å². The van der Waals surface area contributed by atoms with E-state index < -0.39 is 12.7 Å². The first-order valence-corrected chi connectivity index (χ1v) is 7.66. The molecular weight excluding hydrogens is 290 g/mol. The molecule has 4 nitrogen and oxygen atoms in total. The second kappa shape index (κ2) is 8.08. The van der Waals surface area contributed by atoms with E-state index in [4.69, 9.17) is 5.73 Å². The maximum atomic E-state index is 12.2. The van der Waals surface area contributed by atoms with E-state index in [1.165, 1.54) is 31.4 Å². The van der Waals surface area contributed by atoms with E-state index in [0.29, 0.717) is 18.0 Å². The minimum Gasteiger partial charge on any atom is -0.435 e. The normalized spacial score (nSPS) is 17.3. The molecule has 0 radical (unpaired) electrons. The third-order valence-corrected chi connectivity index (χ3v) is 3.98. The van der Waals surface area contributed by atoms with Crippen molar-refractivity contribution in [2.45, 2.75) is 51.2 Å². The largest absolute Gasteiger partial charge is 0.435 e. The monoisotopic (exact) mass is 312 g/mol. The molecule has 1 saturated carbocycles. The van der Waals surface area contributed by atoms with Crippen molar-refractivity contribution in [2.75, 3.05) is 5.32 Å². The molecule has 22 heavy (non-hydrogen) atoms. The van der Waals surface area contributed by atoms with Crippen LogP contribution in [0.3, 0.4) is 0 Å². The van der Waals surface area contributed by atoms with Crippen LogP contribution in [0.15, 0.2) is 24.3 Å². The van der Waals surface area contributed by atoms with Gasteiger partial charge in [-0.3, -0.25) is 4.79 Å². The minimum atomic E-state index is -2.89. The first-order chi connectivity index (χ1) is 10.5. The van der Waals surface area contributed by atoms with E-state index in [2.05, 4.69) is 10.1 Å². The smallest absolute Gasteiger partial charge is 0.387 e. The number of benzene rings is 1. The van der Waals surface area contributed by atoms with Gasteiger partial charge in [-0.1, -0.05) is 38.2 Å². The zero-order chi connectivity index (χ0) is 15.9. The van der Waals surface area contributed by atoms with E-state index >= 15 is 0 Å². The summed E-state index contributed by atoms with van der Waals surface area (Å²) in [4.78, 5) is 12.1. The van der Waals surface area contributed by atoms with Crippen LogP contribution in [0, 0.1) is 5.92 Å². The van der Waals surface area contributed by atoms with Crippen LogP contribution < -0.4 is 15.8 Å². The molecular formula is C16H22F2N2O2. The molecule has 1 aromatic rings. The molecule has 0 aliphatic heterocycles. The highest BCUT2D eigenvalue weighted by atomic mass is 19.3. The van der Waals surface area contributed by atoms with Gasteiger partial charge in [0.2, 0.25) is 5.91 Å². The summed E-state index contributed by atoms with van der Waals surface area (Å²) in [7, 11) is 0. The van der Waals surface area contributed by atoms with Gasteiger partial charge in [-0.15, -0.1) is 0 Å².